The molecule has 1 saturated heterocycles. The Balaban J connectivity index is 1.44. The number of carbonyl (C=O) groups is 1. The van der Waals surface area contributed by atoms with Gasteiger partial charge in [0.15, 0.2) is 0 Å². The molecule has 1 unspecified atom stereocenters. The summed E-state index contributed by atoms with van der Waals surface area (Å²) in [5.41, 5.74) is 6.87. The van der Waals surface area contributed by atoms with Gasteiger partial charge >= 0.3 is 0 Å². The molecule has 132 valence electrons. The highest BCUT2D eigenvalue weighted by atomic mass is 16.5. The molecule has 0 radical (unpaired) electrons. The Morgan fingerprint density at radius 2 is 2.16 bits per heavy atom. The fourth-order valence-electron chi connectivity index (χ4n) is 2.85. The van der Waals surface area contributed by atoms with Gasteiger partial charge in [-0.25, -0.2) is 9.97 Å². The van der Waals surface area contributed by atoms with Gasteiger partial charge in [-0.2, -0.15) is 0 Å². The van der Waals surface area contributed by atoms with Crippen LogP contribution in [0.5, 0.6) is 0 Å². The number of benzene rings is 1. The summed E-state index contributed by atoms with van der Waals surface area (Å²) < 4.78 is 5.73. The summed E-state index contributed by atoms with van der Waals surface area (Å²) in [5.74, 6) is 0.826. The maximum absolute atomic E-state index is 12.1. The normalized spacial score (nSPS) is 18.0. The fraction of sp³-hybridized carbons (Fsp3) is 0.389. The molecule has 0 bridgehead atoms. The van der Waals surface area contributed by atoms with Crippen LogP contribution >= 0.6 is 0 Å². The van der Waals surface area contributed by atoms with Gasteiger partial charge in [-0.15, -0.1) is 0 Å². The number of carbonyl (C=O) groups excluding carboxylic acids is 1. The zero-order valence-corrected chi connectivity index (χ0v) is 14.1. The van der Waals surface area contributed by atoms with E-state index in [2.05, 4.69) is 32.3 Å². The van der Waals surface area contributed by atoms with Gasteiger partial charge in [0.2, 0.25) is 5.91 Å². The third kappa shape index (κ3) is 5.51. The number of aromatic nitrogens is 2. The summed E-state index contributed by atoms with van der Waals surface area (Å²) in [6.07, 6.45) is 1.81. The molecule has 7 nitrogen and oxygen atoms in total. The number of rotatable bonds is 6. The molecule has 25 heavy (non-hydrogen) atoms. The van der Waals surface area contributed by atoms with Crippen molar-refractivity contribution in [1.29, 1.82) is 0 Å². The number of hydrogen-bond acceptors (Lipinski definition) is 6. The molecule has 1 aromatic heterocycles. The highest BCUT2D eigenvalue weighted by molar-refractivity contribution is 5.76. The number of nitrogen functional groups attached to an aromatic ring is 1. The van der Waals surface area contributed by atoms with Gasteiger partial charge in [0.1, 0.15) is 11.6 Å². The van der Waals surface area contributed by atoms with Crippen molar-refractivity contribution >= 4 is 11.7 Å². The average Bonchev–Trinajstić information content (AvgIpc) is 2.61. The molecule has 2 aromatic rings. The van der Waals surface area contributed by atoms with E-state index < -0.39 is 0 Å². The minimum absolute atomic E-state index is 0.0717. The fourth-order valence-corrected chi connectivity index (χ4v) is 2.85. The SMILES string of the molecule is Nc1ccnc(CNC(=O)CC2CN(Cc3ccccc3)CCO2)n1. The van der Waals surface area contributed by atoms with Crippen LogP contribution < -0.4 is 11.1 Å². The van der Waals surface area contributed by atoms with E-state index in [-0.39, 0.29) is 18.6 Å². The number of morpholine rings is 1. The second kappa shape index (κ2) is 8.55. The average molecular weight is 341 g/mol. The van der Waals surface area contributed by atoms with Gasteiger partial charge in [0.25, 0.3) is 0 Å². The van der Waals surface area contributed by atoms with Gasteiger partial charge in [-0.05, 0) is 11.6 Å². The van der Waals surface area contributed by atoms with Crippen molar-refractivity contribution in [2.45, 2.75) is 25.6 Å². The number of nitrogens with zero attached hydrogens (tertiary/aromatic N) is 3. The lowest BCUT2D eigenvalue weighted by atomic mass is 10.1. The number of anilines is 1. The number of amides is 1. The lowest BCUT2D eigenvalue weighted by molar-refractivity contribution is -0.126. The van der Waals surface area contributed by atoms with Crippen LogP contribution in [0.2, 0.25) is 0 Å². The Morgan fingerprint density at radius 1 is 1.32 bits per heavy atom. The molecule has 1 aromatic carbocycles. The van der Waals surface area contributed by atoms with E-state index in [0.29, 0.717) is 24.7 Å². The Morgan fingerprint density at radius 3 is 2.96 bits per heavy atom. The summed E-state index contributed by atoms with van der Waals surface area (Å²) in [6.45, 7) is 3.41. The van der Waals surface area contributed by atoms with Crippen LogP contribution in [0.1, 0.15) is 17.8 Å². The quantitative estimate of drug-likeness (QED) is 0.813. The first-order valence-corrected chi connectivity index (χ1v) is 8.41. The van der Waals surface area contributed by atoms with Crippen molar-refractivity contribution in [3.63, 3.8) is 0 Å². The molecule has 0 saturated carbocycles. The number of nitrogens with one attached hydrogen (secondary N) is 1. The summed E-state index contributed by atoms with van der Waals surface area (Å²) in [6, 6.07) is 11.9. The van der Waals surface area contributed by atoms with Crippen molar-refractivity contribution in [1.82, 2.24) is 20.2 Å². The van der Waals surface area contributed by atoms with E-state index in [9.17, 15) is 4.79 Å². The Kier molecular flexibility index (Phi) is 5.92. The van der Waals surface area contributed by atoms with Gasteiger partial charge in [0, 0.05) is 25.8 Å². The molecule has 1 atom stereocenters. The maximum atomic E-state index is 12.1. The predicted octanol–water partition coefficient (Wildman–Crippen LogP) is 0.966. The van der Waals surface area contributed by atoms with Crippen LogP contribution in [-0.4, -0.2) is 46.6 Å². The molecular formula is C18H23N5O2. The first-order chi connectivity index (χ1) is 12.2. The highest BCUT2D eigenvalue weighted by Gasteiger charge is 2.23. The van der Waals surface area contributed by atoms with Crippen LogP contribution in [0.4, 0.5) is 5.82 Å². The lowest BCUT2D eigenvalue weighted by Crippen LogP contribution is -2.44. The second-order valence-electron chi connectivity index (χ2n) is 6.09. The van der Waals surface area contributed by atoms with Crippen molar-refractivity contribution in [3.8, 4) is 0 Å². The molecule has 3 rings (SSSR count). The third-order valence-corrected chi connectivity index (χ3v) is 4.06. The van der Waals surface area contributed by atoms with E-state index in [1.807, 2.05) is 18.2 Å². The second-order valence-corrected chi connectivity index (χ2v) is 6.09. The summed E-state index contributed by atoms with van der Waals surface area (Å²) >= 11 is 0. The number of ether oxygens (including phenoxy) is 1. The maximum Gasteiger partial charge on any atom is 0.223 e. The monoisotopic (exact) mass is 341 g/mol. The van der Waals surface area contributed by atoms with Crippen LogP contribution in [0.15, 0.2) is 42.6 Å². The predicted molar refractivity (Wildman–Crippen MR) is 94.4 cm³/mol. The molecule has 1 aliphatic heterocycles. The Labute approximate surface area is 147 Å². The lowest BCUT2D eigenvalue weighted by Gasteiger charge is -2.32. The molecule has 1 fully saturated rings. The highest BCUT2D eigenvalue weighted by Crippen LogP contribution is 2.12. The smallest absolute Gasteiger partial charge is 0.223 e. The summed E-state index contributed by atoms with van der Waals surface area (Å²) in [4.78, 5) is 22.6. The van der Waals surface area contributed by atoms with Crippen molar-refractivity contribution in [3.05, 3.63) is 54.0 Å². The summed E-state index contributed by atoms with van der Waals surface area (Å²) in [5, 5.41) is 2.82. The molecular weight excluding hydrogens is 318 g/mol. The molecule has 1 amide bonds. The zero-order valence-electron chi connectivity index (χ0n) is 14.1. The summed E-state index contributed by atoms with van der Waals surface area (Å²) in [7, 11) is 0. The molecule has 3 N–H and O–H groups in total. The standard InChI is InChI=1S/C18H23N5O2/c19-16-6-7-20-17(22-16)11-21-18(24)10-15-13-23(8-9-25-15)12-14-4-2-1-3-5-14/h1-7,15H,8-13H2,(H,21,24)(H2,19,20,22). The first-order valence-electron chi connectivity index (χ1n) is 8.41. The van der Waals surface area contributed by atoms with E-state index in [1.54, 1.807) is 12.3 Å². The Bertz CT molecular complexity index is 695. The largest absolute Gasteiger partial charge is 0.384 e. The van der Waals surface area contributed by atoms with Crippen LogP contribution in [0.3, 0.4) is 0 Å². The van der Waals surface area contributed by atoms with E-state index in [4.69, 9.17) is 10.5 Å². The van der Waals surface area contributed by atoms with Gasteiger partial charge in [0.05, 0.1) is 25.7 Å². The third-order valence-electron chi connectivity index (χ3n) is 4.06. The van der Waals surface area contributed by atoms with Crippen molar-refractivity contribution in [2.75, 3.05) is 25.4 Å². The van der Waals surface area contributed by atoms with Gasteiger partial charge in [-0.3, -0.25) is 9.69 Å². The van der Waals surface area contributed by atoms with Crippen molar-refractivity contribution < 1.29 is 9.53 Å². The zero-order chi connectivity index (χ0) is 17.5. The van der Waals surface area contributed by atoms with Crippen LogP contribution in [0.25, 0.3) is 0 Å². The number of hydrogen-bond donors (Lipinski definition) is 2. The minimum atomic E-state index is -0.0979. The van der Waals surface area contributed by atoms with Crippen molar-refractivity contribution in [2.24, 2.45) is 0 Å². The molecule has 0 spiro atoms. The topological polar surface area (TPSA) is 93.4 Å². The molecule has 2 heterocycles. The molecule has 7 heteroatoms. The van der Waals surface area contributed by atoms with Gasteiger partial charge in [-0.1, -0.05) is 30.3 Å². The minimum Gasteiger partial charge on any atom is -0.384 e. The van der Waals surface area contributed by atoms with Crippen LogP contribution in [0, 0.1) is 0 Å². The molecule has 0 aliphatic carbocycles. The first kappa shape index (κ1) is 17.3. The van der Waals surface area contributed by atoms with E-state index in [0.717, 1.165) is 19.6 Å². The molecule has 1 aliphatic rings. The van der Waals surface area contributed by atoms with E-state index >= 15 is 0 Å². The van der Waals surface area contributed by atoms with Gasteiger partial charge < -0.3 is 15.8 Å². The van der Waals surface area contributed by atoms with Crippen LogP contribution in [-0.2, 0) is 22.6 Å². The Hall–Kier alpha value is -2.51. The number of nitrogens with two attached hydrogens (primary N) is 1. The van der Waals surface area contributed by atoms with E-state index in [1.165, 1.54) is 5.56 Å².